The molecule has 144 valence electrons. The Morgan fingerprint density at radius 2 is 1.64 bits per heavy atom. The molecule has 0 heterocycles. The van der Waals surface area contributed by atoms with Gasteiger partial charge in [0.15, 0.2) is 0 Å². The van der Waals surface area contributed by atoms with E-state index in [9.17, 15) is 0 Å². The smallest absolute Gasteiger partial charge is 0.00416 e. The van der Waals surface area contributed by atoms with Gasteiger partial charge in [-0.2, -0.15) is 0 Å². The Labute approximate surface area is 170 Å². The molecule has 2 aliphatic carbocycles. The third kappa shape index (κ3) is 3.30. The highest BCUT2D eigenvalue weighted by molar-refractivity contribution is 5.91. The second-order valence-corrected chi connectivity index (χ2v) is 9.71. The summed E-state index contributed by atoms with van der Waals surface area (Å²) >= 11 is 0. The lowest BCUT2D eigenvalue weighted by atomic mass is 9.73. The van der Waals surface area contributed by atoms with E-state index in [1.54, 1.807) is 0 Å². The maximum absolute atomic E-state index is 2.44. The third-order valence-electron chi connectivity index (χ3n) is 6.63. The Morgan fingerprint density at radius 3 is 2.36 bits per heavy atom. The van der Waals surface area contributed by atoms with E-state index in [0.29, 0.717) is 17.3 Å². The minimum atomic E-state index is 0.300. The number of rotatable bonds is 1. The first-order chi connectivity index (χ1) is 13.3. The molecular weight excluding hydrogens is 336 g/mol. The molecule has 2 unspecified atom stereocenters. The van der Waals surface area contributed by atoms with Crippen molar-refractivity contribution < 1.29 is 0 Å². The normalized spacial score (nSPS) is 21.4. The molecule has 0 aromatic heterocycles. The predicted octanol–water partition coefficient (Wildman–Crippen LogP) is 7.71. The Balaban J connectivity index is 1.91. The Bertz CT molecular complexity index is 1000. The van der Waals surface area contributed by atoms with Gasteiger partial charge < -0.3 is 0 Å². The van der Waals surface area contributed by atoms with Crippen LogP contribution in [0.3, 0.4) is 0 Å². The van der Waals surface area contributed by atoms with E-state index >= 15 is 0 Å². The van der Waals surface area contributed by atoms with Crippen molar-refractivity contribution in [3.63, 3.8) is 0 Å². The van der Waals surface area contributed by atoms with Gasteiger partial charge in [-0.25, -0.2) is 0 Å². The fraction of sp³-hybridized carbons (Fsp3) is 0.357. The highest BCUT2D eigenvalue weighted by Crippen LogP contribution is 2.42. The lowest BCUT2D eigenvalue weighted by Gasteiger charge is -2.32. The van der Waals surface area contributed by atoms with Crippen molar-refractivity contribution >= 4 is 17.7 Å². The molecule has 0 heteroatoms. The summed E-state index contributed by atoms with van der Waals surface area (Å²) in [5, 5.41) is 0. The van der Waals surface area contributed by atoms with Crippen molar-refractivity contribution in [2.45, 2.75) is 48.0 Å². The van der Waals surface area contributed by atoms with E-state index in [-0.39, 0.29) is 0 Å². The van der Waals surface area contributed by atoms with Crippen LogP contribution in [0, 0.1) is 24.2 Å². The lowest BCUT2D eigenvalue weighted by Crippen LogP contribution is -2.23. The minimum Gasteiger partial charge on any atom is -0.0799 e. The zero-order valence-corrected chi connectivity index (χ0v) is 18.1. The number of aryl methyl sites for hydroxylation is 1. The predicted molar refractivity (Wildman–Crippen MR) is 123 cm³/mol. The molecular formula is C28H32. The van der Waals surface area contributed by atoms with Crippen molar-refractivity contribution in [3.8, 4) is 0 Å². The van der Waals surface area contributed by atoms with E-state index in [4.69, 9.17) is 0 Å². The van der Waals surface area contributed by atoms with Crippen LogP contribution in [0.5, 0.6) is 0 Å². The van der Waals surface area contributed by atoms with E-state index < -0.39 is 0 Å². The van der Waals surface area contributed by atoms with Crippen LogP contribution in [0.1, 0.15) is 68.0 Å². The van der Waals surface area contributed by atoms with Crippen LogP contribution < -0.4 is 0 Å². The summed E-state index contributed by atoms with van der Waals surface area (Å²) in [5.74, 6) is 1.04. The number of fused-ring (bicyclic) bond motifs is 3. The maximum Gasteiger partial charge on any atom is -0.00416 e. The summed E-state index contributed by atoms with van der Waals surface area (Å²) in [5.41, 5.74) is 11.5. The third-order valence-corrected chi connectivity index (χ3v) is 6.63. The van der Waals surface area contributed by atoms with Crippen LogP contribution in [0.25, 0.3) is 17.7 Å². The van der Waals surface area contributed by atoms with Gasteiger partial charge in [0, 0.05) is 0 Å². The van der Waals surface area contributed by atoms with E-state index in [1.807, 2.05) is 0 Å². The molecule has 0 spiro atoms. The lowest BCUT2D eigenvalue weighted by molar-refractivity contribution is 0.290. The molecule has 2 aromatic rings. The first-order valence-electron chi connectivity index (χ1n) is 10.6. The van der Waals surface area contributed by atoms with Crippen molar-refractivity contribution in [2.24, 2.45) is 17.3 Å². The second kappa shape index (κ2) is 6.92. The average Bonchev–Trinajstić information content (AvgIpc) is 2.77. The van der Waals surface area contributed by atoms with Crippen LogP contribution >= 0.6 is 0 Å². The van der Waals surface area contributed by atoms with Crippen molar-refractivity contribution in [1.82, 2.24) is 0 Å². The van der Waals surface area contributed by atoms with Gasteiger partial charge in [-0.1, -0.05) is 99.5 Å². The summed E-state index contributed by atoms with van der Waals surface area (Å²) in [6.45, 7) is 13.8. The molecule has 0 N–H and O–H groups in total. The van der Waals surface area contributed by atoms with E-state index in [0.717, 1.165) is 6.42 Å². The van der Waals surface area contributed by atoms with E-state index in [2.05, 4.69) is 102 Å². The summed E-state index contributed by atoms with van der Waals surface area (Å²) in [6.07, 6.45) is 10.7. The van der Waals surface area contributed by atoms with Crippen LogP contribution in [0.4, 0.5) is 0 Å². The standard InChI is InChI=1S/C28H32/c1-18-8-7-9-22(16-18)27-20(3)19(2)10-13-25-24-15-12-23(28(4,5)6)17-21(24)11-14-26(25)27/h7-16,19,23H,17H2,1-6H3. The van der Waals surface area contributed by atoms with E-state index in [1.165, 1.54) is 44.5 Å². The second-order valence-electron chi connectivity index (χ2n) is 9.71. The molecule has 0 saturated carbocycles. The number of allylic oxidation sites excluding steroid dienone is 3. The zero-order valence-electron chi connectivity index (χ0n) is 18.1. The Kier molecular flexibility index (Phi) is 4.70. The molecule has 28 heavy (non-hydrogen) atoms. The maximum atomic E-state index is 2.44. The molecule has 0 bridgehead atoms. The zero-order chi connectivity index (χ0) is 20.1. The SMILES string of the molecule is CC1=C(c2cccc(C)c2)c2ccc3c(c2C=CC1C)C=CC(C(C)(C)C)C3. The van der Waals surface area contributed by atoms with Crippen molar-refractivity contribution in [2.75, 3.05) is 0 Å². The summed E-state index contributed by atoms with van der Waals surface area (Å²) in [4.78, 5) is 0. The van der Waals surface area contributed by atoms with Crippen LogP contribution in [0.2, 0.25) is 0 Å². The van der Waals surface area contributed by atoms with Crippen molar-refractivity contribution in [3.05, 3.63) is 87.5 Å². The molecule has 0 radical (unpaired) electrons. The fourth-order valence-corrected chi connectivity index (χ4v) is 4.57. The van der Waals surface area contributed by atoms with Gasteiger partial charge in [0.05, 0.1) is 0 Å². The molecule has 0 fully saturated rings. The topological polar surface area (TPSA) is 0 Å². The summed E-state index contributed by atoms with van der Waals surface area (Å²) in [6, 6.07) is 13.7. The molecule has 0 aliphatic heterocycles. The molecule has 2 atom stereocenters. The summed E-state index contributed by atoms with van der Waals surface area (Å²) in [7, 11) is 0. The molecule has 2 aromatic carbocycles. The van der Waals surface area contributed by atoms with Gasteiger partial charge in [0.1, 0.15) is 0 Å². The van der Waals surface area contributed by atoms with Gasteiger partial charge in [-0.3, -0.25) is 0 Å². The highest BCUT2D eigenvalue weighted by atomic mass is 14.3. The van der Waals surface area contributed by atoms with Crippen LogP contribution in [-0.2, 0) is 6.42 Å². The number of benzene rings is 2. The molecule has 0 nitrogen and oxygen atoms in total. The first-order valence-corrected chi connectivity index (χ1v) is 10.6. The minimum absolute atomic E-state index is 0.300. The quantitative estimate of drug-likeness (QED) is 0.483. The highest BCUT2D eigenvalue weighted by Gasteiger charge is 2.28. The molecule has 0 amide bonds. The van der Waals surface area contributed by atoms with Gasteiger partial charge >= 0.3 is 0 Å². The monoisotopic (exact) mass is 368 g/mol. The van der Waals surface area contributed by atoms with Gasteiger partial charge in [0.25, 0.3) is 0 Å². The number of hydrogen-bond acceptors (Lipinski definition) is 0. The average molecular weight is 369 g/mol. The Hall–Kier alpha value is -2.34. The van der Waals surface area contributed by atoms with Crippen LogP contribution in [0.15, 0.2) is 54.1 Å². The van der Waals surface area contributed by atoms with Gasteiger partial charge in [-0.15, -0.1) is 0 Å². The molecule has 4 rings (SSSR count). The summed E-state index contributed by atoms with van der Waals surface area (Å²) < 4.78 is 0. The largest absolute Gasteiger partial charge is 0.0799 e. The van der Waals surface area contributed by atoms with Crippen LogP contribution in [-0.4, -0.2) is 0 Å². The molecule has 2 aliphatic rings. The van der Waals surface area contributed by atoms with Gasteiger partial charge in [0.2, 0.25) is 0 Å². The Morgan fingerprint density at radius 1 is 0.893 bits per heavy atom. The first kappa shape index (κ1) is 19.0. The van der Waals surface area contributed by atoms with Gasteiger partial charge in [-0.05, 0) is 70.9 Å². The number of hydrogen-bond donors (Lipinski definition) is 0. The molecule has 0 saturated heterocycles. The fourth-order valence-electron chi connectivity index (χ4n) is 4.57. The van der Waals surface area contributed by atoms with Crippen molar-refractivity contribution in [1.29, 1.82) is 0 Å².